The van der Waals surface area contributed by atoms with Crippen molar-refractivity contribution >= 4 is 11.6 Å². The van der Waals surface area contributed by atoms with E-state index < -0.39 is 0 Å². The zero-order chi connectivity index (χ0) is 13.0. The molecule has 0 aliphatic rings. The van der Waals surface area contributed by atoms with Gasteiger partial charge in [-0.15, -0.1) is 0 Å². The van der Waals surface area contributed by atoms with E-state index >= 15 is 0 Å². The first-order valence-electron chi connectivity index (χ1n) is 5.52. The Kier molecular flexibility index (Phi) is 4.10. The molecule has 2 rings (SSSR count). The minimum atomic E-state index is -0.281. The van der Waals surface area contributed by atoms with Crippen molar-refractivity contribution in [3.63, 3.8) is 0 Å². The van der Waals surface area contributed by atoms with Crippen LogP contribution in [0.25, 0.3) is 0 Å². The number of nitrogens with zero attached hydrogens (tertiary/aromatic N) is 2. The maximum Gasteiger partial charge on any atom is 0.133 e. The highest BCUT2D eigenvalue weighted by atomic mass is 35.5. The van der Waals surface area contributed by atoms with Gasteiger partial charge in [-0.25, -0.2) is 14.4 Å². The molecule has 0 aliphatic heterocycles. The van der Waals surface area contributed by atoms with Gasteiger partial charge in [-0.2, -0.15) is 0 Å². The van der Waals surface area contributed by atoms with E-state index in [4.69, 9.17) is 16.3 Å². The summed E-state index contributed by atoms with van der Waals surface area (Å²) in [5.41, 5.74) is 0.826. The molecule has 94 valence electrons. The van der Waals surface area contributed by atoms with Gasteiger partial charge < -0.3 is 4.74 Å². The highest BCUT2D eigenvalue weighted by Gasteiger charge is 2.01. The van der Waals surface area contributed by atoms with Crippen molar-refractivity contribution in [1.82, 2.24) is 9.97 Å². The predicted octanol–water partition coefficient (Wildman–Crippen LogP) is 3.20. The number of benzene rings is 1. The summed E-state index contributed by atoms with van der Waals surface area (Å²) in [6.07, 6.45) is 0.554. The summed E-state index contributed by atoms with van der Waals surface area (Å²) in [6.45, 7) is 2.28. The third kappa shape index (κ3) is 3.67. The van der Waals surface area contributed by atoms with Gasteiger partial charge in [-0.05, 0) is 37.3 Å². The second kappa shape index (κ2) is 5.78. The quantitative estimate of drug-likeness (QED) is 0.797. The second-order valence-electron chi connectivity index (χ2n) is 3.80. The Morgan fingerprint density at radius 1 is 1.22 bits per heavy atom. The number of hydrogen-bond donors (Lipinski definition) is 0. The van der Waals surface area contributed by atoms with Crippen LogP contribution in [0.15, 0.2) is 30.3 Å². The van der Waals surface area contributed by atoms with E-state index in [2.05, 4.69) is 9.97 Å². The summed E-state index contributed by atoms with van der Waals surface area (Å²) in [5, 5.41) is 0.430. The Morgan fingerprint density at radius 2 is 1.94 bits per heavy atom. The maximum atomic E-state index is 12.7. The summed E-state index contributed by atoms with van der Waals surface area (Å²) >= 11 is 5.83. The summed E-state index contributed by atoms with van der Waals surface area (Å²) in [6, 6.07) is 7.58. The Bertz CT molecular complexity index is 511. The van der Waals surface area contributed by atoms with Crippen molar-refractivity contribution in [3.8, 4) is 5.75 Å². The van der Waals surface area contributed by atoms with E-state index in [0.717, 1.165) is 5.69 Å². The lowest BCUT2D eigenvalue weighted by atomic mass is 10.3. The van der Waals surface area contributed by atoms with Gasteiger partial charge in [0.2, 0.25) is 0 Å². The van der Waals surface area contributed by atoms with Crippen LogP contribution >= 0.6 is 11.6 Å². The van der Waals surface area contributed by atoms with Gasteiger partial charge in [0.25, 0.3) is 0 Å². The minimum absolute atomic E-state index is 0.281. The average molecular weight is 267 g/mol. The Morgan fingerprint density at radius 3 is 2.61 bits per heavy atom. The van der Waals surface area contributed by atoms with Crippen molar-refractivity contribution in [2.24, 2.45) is 0 Å². The smallest absolute Gasteiger partial charge is 0.133 e. The molecule has 0 N–H and O–H groups in total. The largest absolute Gasteiger partial charge is 0.493 e. The van der Waals surface area contributed by atoms with Crippen LogP contribution in [0.1, 0.15) is 11.5 Å². The lowest BCUT2D eigenvalue weighted by Gasteiger charge is -2.06. The Hall–Kier alpha value is -1.68. The molecule has 0 saturated heterocycles. The van der Waals surface area contributed by atoms with Gasteiger partial charge in [0, 0.05) is 12.1 Å². The molecule has 0 spiro atoms. The summed E-state index contributed by atoms with van der Waals surface area (Å²) in [4.78, 5) is 8.34. The highest BCUT2D eigenvalue weighted by Crippen LogP contribution is 2.12. The van der Waals surface area contributed by atoms with E-state index in [-0.39, 0.29) is 5.82 Å². The zero-order valence-electron chi connectivity index (χ0n) is 9.86. The second-order valence-corrected chi connectivity index (χ2v) is 4.19. The molecular weight excluding hydrogens is 255 g/mol. The van der Waals surface area contributed by atoms with E-state index in [9.17, 15) is 4.39 Å². The molecule has 0 atom stereocenters. The molecule has 3 nitrogen and oxygen atoms in total. The standard InChI is InChI=1S/C13H12ClFN2O/c1-9-8-12(14)17-13(16-9)6-7-18-11-4-2-10(15)3-5-11/h2-5,8H,6-7H2,1H3. The fourth-order valence-corrected chi connectivity index (χ4v) is 1.75. The maximum absolute atomic E-state index is 12.7. The number of rotatable bonds is 4. The molecular formula is C13H12ClFN2O. The third-order valence-electron chi connectivity index (χ3n) is 2.28. The average Bonchev–Trinajstić information content (AvgIpc) is 2.30. The lowest BCUT2D eigenvalue weighted by molar-refractivity contribution is 0.318. The number of aromatic nitrogens is 2. The molecule has 1 aromatic carbocycles. The molecule has 2 aromatic rings. The van der Waals surface area contributed by atoms with Crippen molar-refractivity contribution in [1.29, 1.82) is 0 Å². The molecule has 0 radical (unpaired) electrons. The topological polar surface area (TPSA) is 35.0 Å². The highest BCUT2D eigenvalue weighted by molar-refractivity contribution is 6.29. The third-order valence-corrected chi connectivity index (χ3v) is 2.47. The van der Waals surface area contributed by atoms with Crippen LogP contribution in [0.4, 0.5) is 4.39 Å². The van der Waals surface area contributed by atoms with Crippen molar-refractivity contribution < 1.29 is 9.13 Å². The van der Waals surface area contributed by atoms with E-state index in [0.29, 0.717) is 29.8 Å². The normalized spacial score (nSPS) is 10.4. The molecule has 1 aromatic heterocycles. The van der Waals surface area contributed by atoms with Crippen molar-refractivity contribution in [2.75, 3.05) is 6.61 Å². The molecule has 0 aliphatic carbocycles. The molecule has 18 heavy (non-hydrogen) atoms. The van der Waals surface area contributed by atoms with Gasteiger partial charge in [-0.1, -0.05) is 11.6 Å². The van der Waals surface area contributed by atoms with Crippen molar-refractivity contribution in [2.45, 2.75) is 13.3 Å². The first-order valence-corrected chi connectivity index (χ1v) is 5.90. The Labute approximate surface area is 110 Å². The van der Waals surface area contributed by atoms with Crippen LogP contribution in [-0.2, 0) is 6.42 Å². The van der Waals surface area contributed by atoms with Gasteiger partial charge >= 0.3 is 0 Å². The van der Waals surface area contributed by atoms with Crippen LogP contribution in [-0.4, -0.2) is 16.6 Å². The summed E-state index contributed by atoms with van der Waals surface area (Å²) in [5.74, 6) is 0.980. The van der Waals surface area contributed by atoms with Crippen molar-refractivity contribution in [3.05, 3.63) is 52.8 Å². The molecule has 0 unspecified atom stereocenters. The van der Waals surface area contributed by atoms with E-state index in [1.807, 2.05) is 6.92 Å². The van der Waals surface area contributed by atoms with Gasteiger partial charge in [0.15, 0.2) is 0 Å². The number of hydrogen-bond acceptors (Lipinski definition) is 3. The molecule has 0 saturated carbocycles. The van der Waals surface area contributed by atoms with E-state index in [1.54, 1.807) is 18.2 Å². The van der Waals surface area contributed by atoms with Crippen LogP contribution < -0.4 is 4.74 Å². The molecule has 0 fully saturated rings. The molecule has 0 bridgehead atoms. The predicted molar refractivity (Wildman–Crippen MR) is 67.4 cm³/mol. The van der Waals surface area contributed by atoms with Crippen LogP contribution in [0.5, 0.6) is 5.75 Å². The first kappa shape index (κ1) is 12.8. The number of ether oxygens (including phenoxy) is 1. The summed E-state index contributed by atoms with van der Waals surface area (Å²) < 4.78 is 18.1. The monoisotopic (exact) mass is 266 g/mol. The van der Waals surface area contributed by atoms with E-state index in [1.165, 1.54) is 12.1 Å². The zero-order valence-corrected chi connectivity index (χ0v) is 10.6. The van der Waals surface area contributed by atoms with Crippen LogP contribution in [0.2, 0.25) is 5.15 Å². The lowest BCUT2D eigenvalue weighted by Crippen LogP contribution is -2.05. The number of aryl methyl sites for hydroxylation is 1. The molecule has 5 heteroatoms. The molecule has 1 heterocycles. The van der Waals surface area contributed by atoms with Crippen LogP contribution in [0, 0.1) is 12.7 Å². The van der Waals surface area contributed by atoms with Gasteiger partial charge in [0.1, 0.15) is 22.5 Å². The fraction of sp³-hybridized carbons (Fsp3) is 0.231. The minimum Gasteiger partial charge on any atom is -0.493 e. The molecule has 0 amide bonds. The van der Waals surface area contributed by atoms with Gasteiger partial charge in [-0.3, -0.25) is 0 Å². The fourth-order valence-electron chi connectivity index (χ4n) is 1.49. The summed E-state index contributed by atoms with van der Waals surface area (Å²) in [7, 11) is 0. The Balaban J connectivity index is 1.90. The number of halogens is 2. The SMILES string of the molecule is Cc1cc(Cl)nc(CCOc2ccc(F)cc2)n1. The first-order chi connectivity index (χ1) is 8.63. The van der Waals surface area contributed by atoms with Gasteiger partial charge in [0.05, 0.1) is 6.61 Å². The van der Waals surface area contributed by atoms with Crippen LogP contribution in [0.3, 0.4) is 0 Å².